The number of hydrogen-bond acceptors (Lipinski definition) is 4. The number of nitrogens with zero attached hydrogens (tertiary/aromatic N) is 1. The van der Waals surface area contributed by atoms with Crippen molar-refractivity contribution in [3.63, 3.8) is 0 Å². The van der Waals surface area contributed by atoms with Crippen molar-refractivity contribution in [3.05, 3.63) is 23.0 Å². The number of rotatable bonds is 2. The normalized spacial score (nSPS) is 20.0. The highest BCUT2D eigenvalue weighted by atomic mass is 35.5. The Morgan fingerprint density at radius 2 is 1.85 bits per heavy atom. The van der Waals surface area contributed by atoms with Crippen LogP contribution in [0.25, 0.3) is 0 Å². The molecule has 1 saturated heterocycles. The lowest BCUT2D eigenvalue weighted by molar-refractivity contribution is 0.00578. The van der Waals surface area contributed by atoms with Crippen molar-refractivity contribution >= 4 is 30.1 Å². The fraction of sp³-hybridized carbons (Fsp3) is 0.538. The Morgan fingerprint density at radius 3 is 2.35 bits per heavy atom. The van der Waals surface area contributed by atoms with Gasteiger partial charge in [0.05, 0.1) is 11.2 Å². The highest BCUT2D eigenvalue weighted by Gasteiger charge is 2.53. The minimum Gasteiger partial charge on any atom is -0.399 e. The summed E-state index contributed by atoms with van der Waals surface area (Å²) in [6.45, 7) is 7.77. The lowest BCUT2D eigenvalue weighted by Crippen LogP contribution is -2.41. The topological polar surface area (TPSA) is 60.5 Å². The van der Waals surface area contributed by atoms with Gasteiger partial charge in [-0.1, -0.05) is 11.6 Å². The van der Waals surface area contributed by atoms with E-state index >= 15 is 0 Å². The molecular weight excluding hydrogens is 278 g/mol. The maximum absolute atomic E-state index is 11.9. The van der Waals surface area contributed by atoms with E-state index in [0.717, 1.165) is 0 Å². The maximum Gasteiger partial charge on any atom is 0.498 e. The summed E-state index contributed by atoms with van der Waals surface area (Å²) in [6.07, 6.45) is 1.49. The minimum absolute atomic E-state index is 0.221. The number of amides is 1. The lowest BCUT2D eigenvalue weighted by Gasteiger charge is -2.32. The minimum atomic E-state index is -0.714. The van der Waals surface area contributed by atoms with Gasteiger partial charge in [-0.3, -0.25) is 9.78 Å². The summed E-state index contributed by atoms with van der Waals surface area (Å²) < 4.78 is 11.9. The zero-order chi connectivity index (χ0) is 15.1. The van der Waals surface area contributed by atoms with Gasteiger partial charge in [-0.05, 0) is 33.8 Å². The molecule has 1 aromatic rings. The summed E-state index contributed by atoms with van der Waals surface area (Å²) in [5, 5.41) is 2.94. The van der Waals surface area contributed by atoms with Crippen LogP contribution in [-0.4, -0.2) is 36.3 Å². The summed E-state index contributed by atoms with van der Waals surface area (Å²) in [5.41, 5.74) is -0.321. The summed E-state index contributed by atoms with van der Waals surface area (Å²) in [5.74, 6) is -0.322. The van der Waals surface area contributed by atoms with E-state index in [-0.39, 0.29) is 11.6 Å². The third-order valence-electron chi connectivity index (χ3n) is 3.87. The summed E-state index contributed by atoms with van der Waals surface area (Å²) in [7, 11) is 0.826. The van der Waals surface area contributed by atoms with Crippen LogP contribution >= 0.6 is 11.6 Å². The zero-order valence-electron chi connectivity index (χ0n) is 12.3. The quantitative estimate of drug-likeness (QED) is 0.838. The molecule has 0 saturated carbocycles. The molecule has 5 nitrogen and oxygen atoms in total. The van der Waals surface area contributed by atoms with E-state index in [2.05, 4.69) is 10.3 Å². The molecule has 1 aliphatic rings. The Hall–Kier alpha value is -1.11. The number of hydrogen-bond donors (Lipinski definition) is 1. The van der Waals surface area contributed by atoms with E-state index in [4.69, 9.17) is 20.9 Å². The number of carbonyl (C=O) groups excluding carboxylic acids is 1. The van der Waals surface area contributed by atoms with Crippen LogP contribution in [0.3, 0.4) is 0 Å². The number of aromatic nitrogens is 1. The molecule has 2 heterocycles. The molecule has 108 valence electrons. The third kappa shape index (κ3) is 2.43. The Morgan fingerprint density at radius 1 is 1.30 bits per heavy atom. The van der Waals surface area contributed by atoms with Crippen LogP contribution in [0.2, 0.25) is 5.02 Å². The van der Waals surface area contributed by atoms with Crippen LogP contribution < -0.4 is 10.8 Å². The SMILES string of the molecule is CNC(=O)c1nccc(Cl)c1B1OC(C)(C)C(C)(C)O1. The fourth-order valence-corrected chi connectivity index (χ4v) is 2.17. The Balaban J connectivity index is 2.47. The molecule has 2 rings (SSSR count). The molecule has 0 atom stereocenters. The average Bonchev–Trinajstić information content (AvgIpc) is 2.56. The van der Waals surface area contributed by atoms with E-state index in [9.17, 15) is 4.79 Å². The molecule has 1 fully saturated rings. The molecule has 0 aliphatic carbocycles. The van der Waals surface area contributed by atoms with Gasteiger partial charge in [0.25, 0.3) is 5.91 Å². The number of carbonyl (C=O) groups is 1. The van der Waals surface area contributed by atoms with Crippen LogP contribution in [0.4, 0.5) is 0 Å². The first-order valence-electron chi connectivity index (χ1n) is 6.42. The molecule has 0 unspecified atom stereocenters. The summed E-state index contributed by atoms with van der Waals surface area (Å²) >= 11 is 6.22. The van der Waals surface area contributed by atoms with E-state index in [0.29, 0.717) is 10.5 Å². The van der Waals surface area contributed by atoms with Crippen molar-refractivity contribution in [1.82, 2.24) is 10.3 Å². The maximum atomic E-state index is 11.9. The van der Waals surface area contributed by atoms with Gasteiger partial charge >= 0.3 is 7.12 Å². The molecule has 0 spiro atoms. The molecule has 1 N–H and O–H groups in total. The van der Waals surface area contributed by atoms with Gasteiger partial charge in [0, 0.05) is 23.7 Å². The van der Waals surface area contributed by atoms with Crippen molar-refractivity contribution in [2.75, 3.05) is 7.05 Å². The van der Waals surface area contributed by atoms with Crippen molar-refractivity contribution in [2.45, 2.75) is 38.9 Å². The first kappa shape index (κ1) is 15.3. The van der Waals surface area contributed by atoms with Gasteiger partial charge in [-0.2, -0.15) is 0 Å². The predicted octanol–water partition coefficient (Wildman–Crippen LogP) is 1.39. The van der Waals surface area contributed by atoms with Crippen molar-refractivity contribution in [1.29, 1.82) is 0 Å². The zero-order valence-corrected chi connectivity index (χ0v) is 13.0. The van der Waals surface area contributed by atoms with Crippen molar-refractivity contribution in [2.24, 2.45) is 0 Å². The average molecular weight is 297 g/mol. The first-order valence-corrected chi connectivity index (χ1v) is 6.79. The monoisotopic (exact) mass is 296 g/mol. The van der Waals surface area contributed by atoms with Crippen LogP contribution in [0.1, 0.15) is 38.2 Å². The van der Waals surface area contributed by atoms with E-state index in [1.54, 1.807) is 13.1 Å². The summed E-state index contributed by atoms with van der Waals surface area (Å²) in [4.78, 5) is 16.0. The van der Waals surface area contributed by atoms with E-state index in [1.165, 1.54) is 6.20 Å². The Bertz CT molecular complexity index is 532. The molecule has 1 aliphatic heterocycles. The molecule has 0 radical (unpaired) electrons. The smallest absolute Gasteiger partial charge is 0.399 e. The van der Waals surface area contributed by atoms with Gasteiger partial charge in [-0.25, -0.2) is 0 Å². The lowest BCUT2D eigenvalue weighted by atomic mass is 9.77. The molecule has 0 bridgehead atoms. The highest BCUT2D eigenvalue weighted by molar-refractivity contribution is 6.67. The molecule has 7 heteroatoms. The van der Waals surface area contributed by atoms with E-state index in [1.807, 2.05) is 27.7 Å². The fourth-order valence-electron chi connectivity index (χ4n) is 1.93. The molecular formula is C13H18BClN2O3. The van der Waals surface area contributed by atoms with Crippen molar-refractivity contribution < 1.29 is 14.1 Å². The van der Waals surface area contributed by atoms with Gasteiger partial charge in [0.15, 0.2) is 0 Å². The van der Waals surface area contributed by atoms with Gasteiger partial charge in [0.2, 0.25) is 0 Å². The van der Waals surface area contributed by atoms with Crippen LogP contribution in [-0.2, 0) is 9.31 Å². The first-order chi connectivity index (χ1) is 9.19. The highest BCUT2D eigenvalue weighted by Crippen LogP contribution is 2.37. The number of pyridine rings is 1. The van der Waals surface area contributed by atoms with Gasteiger partial charge in [0.1, 0.15) is 5.69 Å². The molecule has 1 amide bonds. The van der Waals surface area contributed by atoms with Crippen LogP contribution in [0, 0.1) is 0 Å². The molecule has 20 heavy (non-hydrogen) atoms. The van der Waals surface area contributed by atoms with Crippen molar-refractivity contribution in [3.8, 4) is 0 Å². The van der Waals surface area contributed by atoms with Gasteiger partial charge < -0.3 is 14.6 Å². The van der Waals surface area contributed by atoms with Gasteiger partial charge in [-0.15, -0.1) is 0 Å². The second kappa shape index (κ2) is 5.02. The largest absolute Gasteiger partial charge is 0.498 e. The third-order valence-corrected chi connectivity index (χ3v) is 4.20. The standard InChI is InChI=1S/C13H18BClN2O3/c1-12(2)13(3,4)20-14(19-12)9-8(15)6-7-17-10(9)11(18)16-5/h6-7H,1-5H3,(H,16,18). The van der Waals surface area contributed by atoms with Crippen LogP contribution in [0.5, 0.6) is 0 Å². The number of nitrogens with one attached hydrogen (secondary N) is 1. The van der Waals surface area contributed by atoms with E-state index < -0.39 is 18.3 Å². The number of halogens is 1. The van der Waals surface area contributed by atoms with Crippen LogP contribution in [0.15, 0.2) is 12.3 Å². The molecule has 1 aromatic heterocycles. The summed E-state index contributed by atoms with van der Waals surface area (Å²) in [6, 6.07) is 1.62. The second-order valence-electron chi connectivity index (χ2n) is 5.72. The Kier molecular flexibility index (Phi) is 3.84. The predicted molar refractivity (Wildman–Crippen MR) is 78.4 cm³/mol. The molecule has 0 aromatic carbocycles. The Labute approximate surface area is 124 Å². The second-order valence-corrected chi connectivity index (χ2v) is 6.13.